The van der Waals surface area contributed by atoms with Crippen molar-refractivity contribution in [3.63, 3.8) is 0 Å². The Hall–Kier alpha value is -0.890. The highest BCUT2D eigenvalue weighted by Crippen LogP contribution is 2.09. The van der Waals surface area contributed by atoms with Crippen molar-refractivity contribution in [3.05, 3.63) is 30.1 Å². The summed E-state index contributed by atoms with van der Waals surface area (Å²) in [6.07, 6.45) is 9.14. The van der Waals surface area contributed by atoms with Crippen molar-refractivity contribution in [1.29, 1.82) is 0 Å². The van der Waals surface area contributed by atoms with Crippen LogP contribution in [0, 0.1) is 0 Å². The predicted octanol–water partition coefficient (Wildman–Crippen LogP) is 2.11. The van der Waals surface area contributed by atoms with Crippen molar-refractivity contribution in [2.45, 2.75) is 25.7 Å². The van der Waals surface area contributed by atoms with Gasteiger partial charge in [0.1, 0.15) is 0 Å². The molecule has 2 nitrogen and oxygen atoms in total. The normalized spacial score (nSPS) is 18.3. The Balaban J connectivity index is 1.76. The first kappa shape index (κ1) is 9.66. The second-order valence-electron chi connectivity index (χ2n) is 4.01. The Labute approximate surface area is 86.0 Å². The minimum Gasteiger partial charge on any atom is -0.303 e. The number of hydrogen-bond donors (Lipinski definition) is 0. The molecule has 1 aliphatic rings. The van der Waals surface area contributed by atoms with Gasteiger partial charge in [0, 0.05) is 18.9 Å². The van der Waals surface area contributed by atoms with E-state index in [0.29, 0.717) is 0 Å². The highest BCUT2D eigenvalue weighted by molar-refractivity contribution is 5.08. The van der Waals surface area contributed by atoms with Gasteiger partial charge in [-0.1, -0.05) is 12.5 Å². The topological polar surface area (TPSA) is 16.1 Å². The molecule has 0 N–H and O–H groups in total. The van der Waals surface area contributed by atoms with Gasteiger partial charge in [-0.3, -0.25) is 4.98 Å². The predicted molar refractivity (Wildman–Crippen MR) is 58.2 cm³/mol. The third-order valence-corrected chi connectivity index (χ3v) is 2.89. The van der Waals surface area contributed by atoms with Gasteiger partial charge in [-0.2, -0.15) is 0 Å². The van der Waals surface area contributed by atoms with E-state index < -0.39 is 0 Å². The van der Waals surface area contributed by atoms with Crippen LogP contribution in [0.4, 0.5) is 0 Å². The molecule has 76 valence electrons. The summed E-state index contributed by atoms with van der Waals surface area (Å²) >= 11 is 0. The van der Waals surface area contributed by atoms with Crippen molar-refractivity contribution >= 4 is 0 Å². The molecule has 0 radical (unpaired) electrons. The van der Waals surface area contributed by atoms with Crippen LogP contribution in [0.5, 0.6) is 0 Å². The molecule has 1 fully saturated rings. The van der Waals surface area contributed by atoms with Gasteiger partial charge in [0.05, 0.1) is 0 Å². The van der Waals surface area contributed by atoms with Crippen LogP contribution in [0.15, 0.2) is 24.5 Å². The molecule has 0 aliphatic carbocycles. The summed E-state index contributed by atoms with van der Waals surface area (Å²) in [4.78, 5) is 6.70. The van der Waals surface area contributed by atoms with Gasteiger partial charge >= 0.3 is 0 Å². The Bertz CT molecular complexity index is 252. The van der Waals surface area contributed by atoms with Gasteiger partial charge in [0.2, 0.25) is 0 Å². The quantitative estimate of drug-likeness (QED) is 0.725. The molecule has 2 heterocycles. The van der Waals surface area contributed by atoms with Crippen LogP contribution < -0.4 is 0 Å². The molecule has 2 heteroatoms. The van der Waals surface area contributed by atoms with Crippen molar-refractivity contribution in [2.75, 3.05) is 19.6 Å². The molecule has 1 saturated heterocycles. The van der Waals surface area contributed by atoms with E-state index in [1.54, 1.807) is 0 Å². The van der Waals surface area contributed by atoms with E-state index >= 15 is 0 Å². The van der Waals surface area contributed by atoms with E-state index in [1.165, 1.54) is 44.5 Å². The molecule has 1 aliphatic heterocycles. The molecule has 0 bridgehead atoms. The highest BCUT2D eigenvalue weighted by atomic mass is 15.1. The SMILES string of the molecule is c1cncc(CCN2CCCCC2)c1. The smallest absolute Gasteiger partial charge is 0.0300 e. The number of nitrogens with zero attached hydrogens (tertiary/aromatic N) is 2. The second kappa shape index (κ2) is 5.11. The van der Waals surface area contributed by atoms with E-state index in [0.717, 1.165) is 6.42 Å². The van der Waals surface area contributed by atoms with Crippen molar-refractivity contribution in [1.82, 2.24) is 9.88 Å². The molecule has 1 aromatic heterocycles. The first-order chi connectivity index (χ1) is 6.95. The Morgan fingerprint density at radius 3 is 2.79 bits per heavy atom. The molecule has 0 atom stereocenters. The number of rotatable bonds is 3. The van der Waals surface area contributed by atoms with Crippen LogP contribution in [0.2, 0.25) is 0 Å². The molecule has 0 amide bonds. The van der Waals surface area contributed by atoms with Crippen molar-refractivity contribution in [3.8, 4) is 0 Å². The lowest BCUT2D eigenvalue weighted by atomic mass is 10.1. The van der Waals surface area contributed by atoms with Crippen LogP contribution in [-0.4, -0.2) is 29.5 Å². The minimum atomic E-state index is 1.15. The van der Waals surface area contributed by atoms with Crippen LogP contribution in [0.25, 0.3) is 0 Å². The minimum absolute atomic E-state index is 1.15. The first-order valence-corrected chi connectivity index (χ1v) is 5.56. The molecule has 14 heavy (non-hydrogen) atoms. The van der Waals surface area contributed by atoms with Gasteiger partial charge in [-0.25, -0.2) is 0 Å². The maximum Gasteiger partial charge on any atom is 0.0300 e. The Morgan fingerprint density at radius 2 is 2.07 bits per heavy atom. The summed E-state index contributed by atoms with van der Waals surface area (Å²) in [5.74, 6) is 0. The molecule has 2 rings (SSSR count). The Kier molecular flexibility index (Phi) is 3.52. The van der Waals surface area contributed by atoms with Crippen LogP contribution in [0.3, 0.4) is 0 Å². The molecule has 0 saturated carbocycles. The summed E-state index contributed by atoms with van der Waals surface area (Å²) in [6, 6.07) is 4.18. The van der Waals surface area contributed by atoms with E-state index in [1.807, 2.05) is 18.5 Å². The Morgan fingerprint density at radius 1 is 1.21 bits per heavy atom. The maximum atomic E-state index is 4.13. The zero-order valence-electron chi connectivity index (χ0n) is 8.65. The third kappa shape index (κ3) is 2.81. The van der Waals surface area contributed by atoms with E-state index in [9.17, 15) is 0 Å². The summed E-state index contributed by atoms with van der Waals surface area (Å²) in [5.41, 5.74) is 1.36. The average Bonchev–Trinajstić information content (AvgIpc) is 2.29. The lowest BCUT2D eigenvalue weighted by Crippen LogP contribution is -2.31. The van der Waals surface area contributed by atoms with Crippen molar-refractivity contribution in [2.24, 2.45) is 0 Å². The lowest BCUT2D eigenvalue weighted by Gasteiger charge is -2.26. The summed E-state index contributed by atoms with van der Waals surface area (Å²) in [5, 5.41) is 0. The molecule has 1 aromatic rings. The zero-order chi connectivity index (χ0) is 9.64. The first-order valence-electron chi connectivity index (χ1n) is 5.56. The fourth-order valence-electron chi connectivity index (χ4n) is 2.02. The van der Waals surface area contributed by atoms with Gasteiger partial charge in [0.15, 0.2) is 0 Å². The largest absolute Gasteiger partial charge is 0.303 e. The number of hydrogen-bond acceptors (Lipinski definition) is 2. The monoisotopic (exact) mass is 190 g/mol. The maximum absolute atomic E-state index is 4.13. The van der Waals surface area contributed by atoms with Crippen molar-refractivity contribution < 1.29 is 0 Å². The van der Waals surface area contributed by atoms with E-state index in [-0.39, 0.29) is 0 Å². The fourth-order valence-corrected chi connectivity index (χ4v) is 2.02. The second-order valence-corrected chi connectivity index (χ2v) is 4.01. The molecule has 0 spiro atoms. The summed E-state index contributed by atoms with van der Waals surface area (Å²) in [6.45, 7) is 3.78. The fraction of sp³-hybridized carbons (Fsp3) is 0.583. The zero-order valence-corrected chi connectivity index (χ0v) is 8.65. The van der Waals surface area contributed by atoms with Crippen LogP contribution in [0.1, 0.15) is 24.8 Å². The number of pyridine rings is 1. The molecular weight excluding hydrogens is 172 g/mol. The van der Waals surface area contributed by atoms with E-state index in [4.69, 9.17) is 0 Å². The number of aromatic nitrogens is 1. The van der Waals surface area contributed by atoms with E-state index in [2.05, 4.69) is 16.0 Å². The molecule has 0 aromatic carbocycles. The summed E-state index contributed by atoms with van der Waals surface area (Å²) < 4.78 is 0. The van der Waals surface area contributed by atoms with Gasteiger partial charge in [-0.05, 0) is 44.0 Å². The average molecular weight is 190 g/mol. The highest BCUT2D eigenvalue weighted by Gasteiger charge is 2.09. The van der Waals surface area contributed by atoms with Crippen LogP contribution in [-0.2, 0) is 6.42 Å². The lowest BCUT2D eigenvalue weighted by molar-refractivity contribution is 0.231. The number of likely N-dealkylation sites (tertiary alicyclic amines) is 1. The molecular formula is C12H18N2. The van der Waals surface area contributed by atoms with Crippen LogP contribution >= 0.6 is 0 Å². The number of piperidine rings is 1. The van der Waals surface area contributed by atoms with Gasteiger partial charge in [0.25, 0.3) is 0 Å². The van der Waals surface area contributed by atoms with Gasteiger partial charge < -0.3 is 4.90 Å². The summed E-state index contributed by atoms with van der Waals surface area (Å²) in [7, 11) is 0. The molecule has 0 unspecified atom stereocenters. The van der Waals surface area contributed by atoms with Gasteiger partial charge in [-0.15, -0.1) is 0 Å². The standard InChI is InChI=1S/C12H18N2/c1-2-8-14(9-3-1)10-6-12-5-4-7-13-11-12/h4-5,7,11H,1-3,6,8-10H2. The third-order valence-electron chi connectivity index (χ3n) is 2.89.